The predicted octanol–water partition coefficient (Wildman–Crippen LogP) is 4.73. The van der Waals surface area contributed by atoms with Crippen molar-refractivity contribution in [3.05, 3.63) is 51.4 Å². The van der Waals surface area contributed by atoms with Gasteiger partial charge in [0.1, 0.15) is 18.3 Å². The summed E-state index contributed by atoms with van der Waals surface area (Å²) < 4.78 is 14.3. The fourth-order valence-electron chi connectivity index (χ4n) is 4.70. The van der Waals surface area contributed by atoms with Crippen LogP contribution in [-0.4, -0.2) is 59.5 Å². The Balaban J connectivity index is 1.49. The highest BCUT2D eigenvalue weighted by atomic mass is 35.5. The second kappa shape index (κ2) is 10.1. The number of halogens is 3. The molecule has 1 aliphatic carbocycles. The van der Waals surface area contributed by atoms with E-state index >= 15 is 0 Å². The summed E-state index contributed by atoms with van der Waals surface area (Å²) in [4.78, 5) is 26.3. The van der Waals surface area contributed by atoms with Crippen LogP contribution in [0.3, 0.4) is 0 Å². The fraction of sp³-hybridized carbons (Fsp3) is 0.542. The second-order valence-corrected chi connectivity index (χ2v) is 10.0. The Kier molecular flexibility index (Phi) is 7.41. The average Bonchev–Trinajstić information content (AvgIpc) is 3.09. The van der Waals surface area contributed by atoms with E-state index < -0.39 is 6.17 Å². The van der Waals surface area contributed by atoms with Gasteiger partial charge in [0, 0.05) is 44.3 Å². The molecule has 0 bridgehead atoms. The van der Waals surface area contributed by atoms with Gasteiger partial charge in [-0.15, -0.1) is 0 Å². The van der Waals surface area contributed by atoms with Crippen LogP contribution < -0.4 is 10.2 Å². The molecule has 1 unspecified atom stereocenters. The SMILES string of the molecule is CC(C)NCC(C(=O)N1CCN(c2ncnc3c2[C@H](C)C[C@@H]3F)CC1)c1ccc(Cl)c(Cl)c1. The molecule has 0 saturated carbocycles. The van der Waals surface area contributed by atoms with Gasteiger partial charge in [-0.25, -0.2) is 14.4 Å². The molecule has 1 saturated heterocycles. The lowest BCUT2D eigenvalue weighted by molar-refractivity contribution is -0.133. The van der Waals surface area contributed by atoms with E-state index in [4.69, 9.17) is 23.2 Å². The largest absolute Gasteiger partial charge is 0.353 e. The number of hydrogen-bond acceptors (Lipinski definition) is 5. The number of anilines is 1. The van der Waals surface area contributed by atoms with Crippen LogP contribution in [0.5, 0.6) is 0 Å². The zero-order chi connectivity index (χ0) is 23.7. The first-order valence-electron chi connectivity index (χ1n) is 11.5. The molecule has 1 fully saturated rings. The van der Waals surface area contributed by atoms with E-state index in [-0.39, 0.29) is 23.8 Å². The molecule has 2 heterocycles. The Morgan fingerprint density at radius 2 is 1.91 bits per heavy atom. The number of nitrogens with zero attached hydrogens (tertiary/aromatic N) is 4. The number of benzene rings is 1. The molecule has 9 heteroatoms. The minimum Gasteiger partial charge on any atom is -0.353 e. The number of fused-ring (bicyclic) bond motifs is 1. The average molecular weight is 494 g/mol. The molecular formula is C24H30Cl2FN5O. The molecule has 2 aliphatic rings. The van der Waals surface area contributed by atoms with Gasteiger partial charge in [0.15, 0.2) is 0 Å². The van der Waals surface area contributed by atoms with E-state index in [0.717, 1.165) is 16.9 Å². The van der Waals surface area contributed by atoms with Crippen molar-refractivity contribution in [2.24, 2.45) is 0 Å². The molecule has 6 nitrogen and oxygen atoms in total. The smallest absolute Gasteiger partial charge is 0.231 e. The third-order valence-corrected chi connectivity index (χ3v) is 7.25. The van der Waals surface area contributed by atoms with Crippen LogP contribution in [0.25, 0.3) is 0 Å². The summed E-state index contributed by atoms with van der Waals surface area (Å²) in [5.74, 6) is 0.602. The standard InChI is InChI=1S/C24H30Cl2FN5O/c1-14(2)28-12-17(16-4-5-18(25)19(26)11-16)24(33)32-8-6-31(7-9-32)23-21-15(3)10-20(27)22(21)29-13-30-23/h4-5,11,13-15,17,20,28H,6-10,12H2,1-3H3/t15-,17?,20+/m1/s1. The predicted molar refractivity (Wildman–Crippen MR) is 130 cm³/mol. The normalized spacial score (nSPS) is 21.4. The van der Waals surface area contributed by atoms with E-state index in [1.54, 1.807) is 12.1 Å². The van der Waals surface area contributed by atoms with Crippen LogP contribution in [0.1, 0.15) is 62.0 Å². The van der Waals surface area contributed by atoms with E-state index in [1.165, 1.54) is 6.33 Å². The lowest BCUT2D eigenvalue weighted by Crippen LogP contribution is -2.51. The van der Waals surface area contributed by atoms with E-state index in [2.05, 4.69) is 34.0 Å². The Hall–Kier alpha value is -1.96. The molecule has 1 N–H and O–H groups in total. The topological polar surface area (TPSA) is 61.4 Å². The van der Waals surface area contributed by atoms with Crippen molar-refractivity contribution in [2.75, 3.05) is 37.6 Å². The van der Waals surface area contributed by atoms with Gasteiger partial charge in [-0.2, -0.15) is 0 Å². The maximum atomic E-state index is 14.3. The summed E-state index contributed by atoms with van der Waals surface area (Å²) in [7, 11) is 0. The lowest BCUT2D eigenvalue weighted by atomic mass is 9.96. The van der Waals surface area contributed by atoms with Gasteiger partial charge >= 0.3 is 0 Å². The van der Waals surface area contributed by atoms with Crippen molar-refractivity contribution in [3.63, 3.8) is 0 Å². The summed E-state index contributed by atoms with van der Waals surface area (Å²) in [5.41, 5.74) is 2.28. The van der Waals surface area contributed by atoms with Crippen molar-refractivity contribution in [1.29, 1.82) is 0 Å². The molecule has 2 aromatic rings. The van der Waals surface area contributed by atoms with Crippen molar-refractivity contribution < 1.29 is 9.18 Å². The molecule has 1 aromatic carbocycles. The quantitative estimate of drug-likeness (QED) is 0.629. The third kappa shape index (κ3) is 5.10. The van der Waals surface area contributed by atoms with Crippen molar-refractivity contribution >= 4 is 34.9 Å². The number of rotatable bonds is 6. The summed E-state index contributed by atoms with van der Waals surface area (Å²) in [6, 6.07) is 5.64. The first-order valence-corrected chi connectivity index (χ1v) is 12.2. The number of hydrogen-bond donors (Lipinski definition) is 1. The number of alkyl halides is 1. The second-order valence-electron chi connectivity index (χ2n) is 9.20. The summed E-state index contributed by atoms with van der Waals surface area (Å²) in [6.45, 7) is 9.08. The van der Waals surface area contributed by atoms with E-state index in [9.17, 15) is 9.18 Å². The Morgan fingerprint density at radius 1 is 1.18 bits per heavy atom. The van der Waals surface area contributed by atoms with Crippen LogP contribution in [-0.2, 0) is 4.79 Å². The van der Waals surface area contributed by atoms with Gasteiger partial charge in [0.25, 0.3) is 0 Å². The van der Waals surface area contributed by atoms with Crippen molar-refractivity contribution in [1.82, 2.24) is 20.2 Å². The minimum absolute atomic E-state index is 0.0614. The highest BCUT2D eigenvalue weighted by molar-refractivity contribution is 6.42. The van der Waals surface area contributed by atoms with Crippen LogP contribution >= 0.6 is 23.2 Å². The molecule has 3 atom stereocenters. The fourth-order valence-corrected chi connectivity index (χ4v) is 5.01. The molecule has 1 aliphatic heterocycles. The molecule has 0 radical (unpaired) electrons. The highest BCUT2D eigenvalue weighted by Gasteiger charge is 2.35. The highest BCUT2D eigenvalue weighted by Crippen LogP contribution is 2.44. The number of carbonyl (C=O) groups excluding carboxylic acids is 1. The number of piperazine rings is 1. The molecule has 1 amide bonds. The number of aromatic nitrogens is 2. The zero-order valence-electron chi connectivity index (χ0n) is 19.2. The molecule has 33 heavy (non-hydrogen) atoms. The van der Waals surface area contributed by atoms with Gasteiger partial charge in [0.05, 0.1) is 21.7 Å². The summed E-state index contributed by atoms with van der Waals surface area (Å²) in [6.07, 6.45) is 0.877. The first kappa shape index (κ1) is 24.2. The van der Waals surface area contributed by atoms with Crippen molar-refractivity contribution in [2.45, 2.75) is 51.2 Å². The van der Waals surface area contributed by atoms with E-state index in [1.807, 2.05) is 17.9 Å². The van der Waals surface area contributed by atoms with Gasteiger partial charge in [0.2, 0.25) is 5.91 Å². The molecule has 1 aromatic heterocycles. The van der Waals surface area contributed by atoms with Gasteiger partial charge in [-0.1, -0.05) is 50.0 Å². The maximum Gasteiger partial charge on any atom is 0.231 e. The molecule has 178 valence electrons. The number of nitrogens with one attached hydrogen (secondary N) is 1. The van der Waals surface area contributed by atoms with E-state index in [0.29, 0.717) is 54.9 Å². The molecular weight excluding hydrogens is 464 g/mol. The molecule has 4 rings (SSSR count). The van der Waals surface area contributed by atoms with Crippen LogP contribution in [0.2, 0.25) is 10.0 Å². The maximum absolute atomic E-state index is 14.3. The number of amides is 1. The monoisotopic (exact) mass is 493 g/mol. The zero-order valence-corrected chi connectivity index (χ0v) is 20.7. The third-order valence-electron chi connectivity index (χ3n) is 6.51. The van der Waals surface area contributed by atoms with Crippen LogP contribution in [0, 0.1) is 0 Å². The van der Waals surface area contributed by atoms with Crippen LogP contribution in [0.4, 0.5) is 10.2 Å². The minimum atomic E-state index is -1.03. The van der Waals surface area contributed by atoms with Crippen LogP contribution in [0.15, 0.2) is 24.5 Å². The Bertz CT molecular complexity index is 1010. The van der Waals surface area contributed by atoms with Gasteiger partial charge < -0.3 is 15.1 Å². The Morgan fingerprint density at radius 3 is 2.58 bits per heavy atom. The van der Waals surface area contributed by atoms with Gasteiger partial charge in [-0.05, 0) is 30.0 Å². The number of carbonyl (C=O) groups is 1. The lowest BCUT2D eigenvalue weighted by Gasteiger charge is -2.38. The van der Waals surface area contributed by atoms with Gasteiger partial charge in [-0.3, -0.25) is 4.79 Å². The summed E-state index contributed by atoms with van der Waals surface area (Å²) in [5, 5.41) is 4.30. The molecule has 0 spiro atoms. The van der Waals surface area contributed by atoms with Crippen molar-refractivity contribution in [3.8, 4) is 0 Å². The summed E-state index contributed by atoms with van der Waals surface area (Å²) >= 11 is 12.3. The Labute approximate surface area is 204 Å². The first-order chi connectivity index (χ1) is 15.8.